The summed E-state index contributed by atoms with van der Waals surface area (Å²) in [5.74, 6) is 1.97. The second-order valence-corrected chi connectivity index (χ2v) is 12.0. The smallest absolute Gasteiger partial charge is 0.331 e. The van der Waals surface area contributed by atoms with Crippen molar-refractivity contribution in [2.45, 2.75) is 50.0 Å². The molecule has 2 aromatic rings. The summed E-state index contributed by atoms with van der Waals surface area (Å²) >= 11 is 0. The zero-order valence-corrected chi connectivity index (χ0v) is 21.4. The van der Waals surface area contributed by atoms with Crippen LogP contribution in [0.2, 0.25) is 0 Å². The maximum absolute atomic E-state index is 13.1. The maximum Gasteiger partial charge on any atom is 0.331 e. The van der Waals surface area contributed by atoms with E-state index in [1.54, 1.807) is 36.4 Å². The SMILES string of the molecule is Cc1ccc(S(=O)(=O)NC(=O)N2CCC(Oc3ccc(C(=O)N4CC5CCC(CC5)C4)cc3)C2)cc1. The topological polar surface area (TPSA) is 96.0 Å². The lowest BCUT2D eigenvalue weighted by Crippen LogP contribution is -2.42. The normalized spacial score (nSPS) is 23.9. The van der Waals surface area contributed by atoms with Crippen LogP contribution in [0.1, 0.15) is 48.0 Å². The molecule has 1 unspecified atom stereocenters. The molecular formula is C27H33N3O5S. The van der Waals surface area contributed by atoms with Gasteiger partial charge in [-0.15, -0.1) is 0 Å². The van der Waals surface area contributed by atoms with Gasteiger partial charge in [0, 0.05) is 31.6 Å². The van der Waals surface area contributed by atoms with E-state index in [1.807, 2.05) is 11.8 Å². The number of carbonyl (C=O) groups excluding carboxylic acids is 2. The highest BCUT2D eigenvalue weighted by Gasteiger charge is 2.32. The first kappa shape index (κ1) is 24.6. The first-order valence-electron chi connectivity index (χ1n) is 12.7. The molecule has 4 fully saturated rings. The van der Waals surface area contributed by atoms with Gasteiger partial charge in [-0.1, -0.05) is 17.7 Å². The Labute approximate surface area is 212 Å². The molecule has 1 aliphatic carbocycles. The van der Waals surface area contributed by atoms with E-state index in [4.69, 9.17) is 4.74 Å². The minimum Gasteiger partial charge on any atom is -0.489 e. The lowest BCUT2D eigenvalue weighted by molar-refractivity contribution is 0.0739. The molecule has 3 aliphatic heterocycles. The number of likely N-dealkylation sites (tertiary alicyclic amines) is 1. The van der Waals surface area contributed by atoms with Crippen LogP contribution < -0.4 is 9.46 Å². The fourth-order valence-electron chi connectivity index (χ4n) is 5.48. The number of carbonyl (C=O) groups is 2. The molecule has 2 bridgehead atoms. The number of rotatable bonds is 5. The van der Waals surface area contributed by atoms with E-state index in [2.05, 4.69) is 4.72 Å². The molecule has 3 heterocycles. The highest BCUT2D eigenvalue weighted by molar-refractivity contribution is 7.90. The van der Waals surface area contributed by atoms with E-state index < -0.39 is 16.1 Å². The molecule has 0 spiro atoms. The van der Waals surface area contributed by atoms with Crippen LogP contribution >= 0.6 is 0 Å². The van der Waals surface area contributed by atoms with E-state index in [9.17, 15) is 18.0 Å². The minimum atomic E-state index is -3.94. The van der Waals surface area contributed by atoms with Crippen molar-refractivity contribution in [3.63, 3.8) is 0 Å². The Balaban J connectivity index is 1.14. The Morgan fingerprint density at radius 3 is 2.06 bits per heavy atom. The summed E-state index contributed by atoms with van der Waals surface area (Å²) in [6.07, 6.45) is 5.27. The van der Waals surface area contributed by atoms with Crippen LogP contribution in [0.15, 0.2) is 53.4 Å². The van der Waals surface area contributed by atoms with Gasteiger partial charge in [-0.3, -0.25) is 4.79 Å². The van der Waals surface area contributed by atoms with E-state index in [1.165, 1.54) is 42.7 Å². The standard InChI is InChI=1S/C27H33N3O5S/c1-19-2-12-25(13-3-19)36(33,34)28-27(32)29-15-14-24(18-29)35-23-10-8-22(9-11-23)26(31)30-16-20-4-5-21(17-30)7-6-20/h2-3,8-13,20-21,24H,4-7,14-18H2,1H3,(H,28,32). The number of benzene rings is 2. The third-order valence-corrected chi connectivity index (χ3v) is 8.94. The Bertz CT molecular complexity index is 1190. The van der Waals surface area contributed by atoms with E-state index in [-0.39, 0.29) is 23.5 Å². The second-order valence-electron chi connectivity index (χ2n) is 10.3. The number of ether oxygens (including phenoxy) is 1. The molecule has 6 rings (SSSR count). The molecule has 4 aliphatic rings. The first-order chi connectivity index (χ1) is 17.3. The lowest BCUT2D eigenvalue weighted by Gasteiger charge is -2.23. The number of sulfonamides is 1. The Morgan fingerprint density at radius 2 is 1.44 bits per heavy atom. The van der Waals surface area contributed by atoms with Gasteiger partial charge < -0.3 is 14.5 Å². The molecule has 3 amide bonds. The van der Waals surface area contributed by atoms with Gasteiger partial charge in [0.15, 0.2) is 0 Å². The van der Waals surface area contributed by atoms with Gasteiger partial charge in [-0.2, -0.15) is 0 Å². The highest BCUT2D eigenvalue weighted by atomic mass is 32.2. The molecule has 1 N–H and O–H groups in total. The molecule has 1 saturated carbocycles. The second kappa shape index (κ2) is 10.1. The van der Waals surface area contributed by atoms with Gasteiger partial charge >= 0.3 is 6.03 Å². The van der Waals surface area contributed by atoms with Crippen LogP contribution in [0.5, 0.6) is 5.75 Å². The van der Waals surface area contributed by atoms with E-state index in [0.29, 0.717) is 36.1 Å². The first-order valence-corrected chi connectivity index (χ1v) is 14.2. The zero-order valence-electron chi connectivity index (χ0n) is 20.6. The van der Waals surface area contributed by atoms with Crippen molar-refractivity contribution in [1.29, 1.82) is 0 Å². The predicted octanol–water partition coefficient (Wildman–Crippen LogP) is 3.81. The Kier molecular flexibility index (Phi) is 6.92. The largest absolute Gasteiger partial charge is 0.489 e. The van der Waals surface area contributed by atoms with Gasteiger partial charge in [0.25, 0.3) is 15.9 Å². The number of amides is 3. The van der Waals surface area contributed by atoms with Crippen LogP contribution in [-0.2, 0) is 10.0 Å². The predicted molar refractivity (Wildman–Crippen MR) is 135 cm³/mol. The van der Waals surface area contributed by atoms with Gasteiger partial charge in [-0.25, -0.2) is 17.9 Å². The van der Waals surface area contributed by atoms with Crippen molar-refractivity contribution in [2.24, 2.45) is 11.8 Å². The number of urea groups is 1. The van der Waals surface area contributed by atoms with E-state index in [0.717, 1.165) is 18.7 Å². The summed E-state index contributed by atoms with van der Waals surface area (Å²) in [5.41, 5.74) is 1.60. The quantitative estimate of drug-likeness (QED) is 0.659. The third-order valence-electron chi connectivity index (χ3n) is 7.60. The average molecular weight is 512 g/mol. The van der Waals surface area contributed by atoms with Crippen LogP contribution in [-0.4, -0.2) is 62.4 Å². The monoisotopic (exact) mass is 511 g/mol. The minimum absolute atomic E-state index is 0.0518. The molecule has 9 heteroatoms. The van der Waals surface area contributed by atoms with Crippen LogP contribution in [0.4, 0.5) is 4.79 Å². The summed E-state index contributed by atoms with van der Waals surface area (Å²) in [6, 6.07) is 12.9. The van der Waals surface area contributed by atoms with E-state index >= 15 is 0 Å². The Morgan fingerprint density at radius 1 is 0.833 bits per heavy atom. The molecular weight excluding hydrogens is 478 g/mol. The number of nitrogens with one attached hydrogen (secondary N) is 1. The zero-order chi connectivity index (χ0) is 25.3. The summed E-state index contributed by atoms with van der Waals surface area (Å²) in [6.45, 7) is 4.25. The van der Waals surface area contributed by atoms with Crippen molar-refractivity contribution >= 4 is 22.0 Å². The van der Waals surface area contributed by atoms with Gasteiger partial charge in [0.1, 0.15) is 11.9 Å². The van der Waals surface area contributed by atoms with Gasteiger partial charge in [0.05, 0.1) is 11.4 Å². The number of nitrogens with zero attached hydrogens (tertiary/aromatic N) is 2. The summed E-state index contributed by atoms with van der Waals surface area (Å²) in [4.78, 5) is 29.2. The molecule has 36 heavy (non-hydrogen) atoms. The van der Waals surface area contributed by atoms with Gasteiger partial charge in [-0.05, 0) is 80.8 Å². The summed E-state index contributed by atoms with van der Waals surface area (Å²) < 4.78 is 33.2. The van der Waals surface area contributed by atoms with Crippen molar-refractivity contribution in [3.05, 3.63) is 59.7 Å². The molecule has 192 valence electrons. The van der Waals surface area contributed by atoms with Crippen molar-refractivity contribution in [1.82, 2.24) is 14.5 Å². The molecule has 0 aromatic heterocycles. The van der Waals surface area contributed by atoms with Crippen molar-refractivity contribution in [2.75, 3.05) is 26.2 Å². The fraction of sp³-hybridized carbons (Fsp3) is 0.481. The number of aryl methyl sites for hydroxylation is 1. The highest BCUT2D eigenvalue weighted by Crippen LogP contribution is 2.34. The average Bonchev–Trinajstić information content (AvgIpc) is 3.12. The molecule has 3 saturated heterocycles. The van der Waals surface area contributed by atoms with Gasteiger partial charge in [0.2, 0.25) is 0 Å². The third kappa shape index (κ3) is 5.51. The number of hydrogen-bond acceptors (Lipinski definition) is 5. The molecule has 8 nitrogen and oxygen atoms in total. The fourth-order valence-corrected chi connectivity index (χ4v) is 6.45. The number of hydrogen-bond donors (Lipinski definition) is 1. The Hall–Kier alpha value is -3.07. The summed E-state index contributed by atoms with van der Waals surface area (Å²) in [7, 11) is -3.94. The summed E-state index contributed by atoms with van der Waals surface area (Å²) in [5, 5.41) is 0. The lowest BCUT2D eigenvalue weighted by atomic mass is 9.84. The maximum atomic E-state index is 13.1. The van der Waals surface area contributed by atoms with Crippen LogP contribution in [0.3, 0.4) is 0 Å². The molecule has 2 aromatic carbocycles. The van der Waals surface area contributed by atoms with Crippen molar-refractivity contribution in [3.8, 4) is 5.75 Å². The van der Waals surface area contributed by atoms with Crippen LogP contribution in [0, 0.1) is 18.8 Å². The molecule has 0 radical (unpaired) electrons. The number of fused-ring (bicyclic) bond motifs is 4. The molecule has 1 atom stereocenters. The van der Waals surface area contributed by atoms with Crippen molar-refractivity contribution < 1.29 is 22.7 Å². The van der Waals surface area contributed by atoms with Crippen LogP contribution in [0.25, 0.3) is 0 Å².